The van der Waals surface area contributed by atoms with E-state index in [-0.39, 0.29) is 30.6 Å². The van der Waals surface area contributed by atoms with Crippen LogP contribution in [0.2, 0.25) is 0 Å². The van der Waals surface area contributed by atoms with Crippen molar-refractivity contribution in [2.45, 2.75) is 70.2 Å². The highest BCUT2D eigenvalue weighted by molar-refractivity contribution is 5.93. The number of carbonyl (C=O) groups excluding carboxylic acids is 2. The van der Waals surface area contributed by atoms with Gasteiger partial charge >= 0.3 is 0 Å². The monoisotopic (exact) mass is 630 g/mol. The zero-order valence-corrected chi connectivity index (χ0v) is 26.4. The maximum Gasteiger partial charge on any atom is 0.224 e. The summed E-state index contributed by atoms with van der Waals surface area (Å²) in [6.45, 7) is 4.52. The zero-order chi connectivity index (χ0) is 32.1. The number of hydrogen-bond donors (Lipinski definition) is 4. The number of para-hydroxylation sites is 2. The van der Waals surface area contributed by atoms with Gasteiger partial charge in [-0.05, 0) is 41.7 Å². The molecule has 2 aliphatic heterocycles. The molecular weight excluding hydrogens is 584 g/mol. The second kappa shape index (κ2) is 17.2. The van der Waals surface area contributed by atoms with E-state index in [0.29, 0.717) is 37.2 Å². The van der Waals surface area contributed by atoms with Gasteiger partial charge in [0.15, 0.2) is 6.29 Å². The second-order valence-corrected chi connectivity index (χ2v) is 12.0. The first-order valence-electron chi connectivity index (χ1n) is 16.3. The molecule has 3 atom stereocenters. The Hall–Kier alpha value is -3.80. The van der Waals surface area contributed by atoms with Crippen molar-refractivity contribution in [3.05, 3.63) is 95.1 Å². The van der Waals surface area contributed by atoms with Gasteiger partial charge in [0.1, 0.15) is 0 Å². The number of morpholine rings is 1. The van der Waals surface area contributed by atoms with E-state index in [0.717, 1.165) is 74.4 Å². The Bertz CT molecular complexity index is 1390. The van der Waals surface area contributed by atoms with Crippen LogP contribution >= 0.6 is 0 Å². The number of aliphatic hydroxyl groups excluding tert-OH is 1. The quantitative estimate of drug-likeness (QED) is 0.147. The SMILES string of the molecule is Nc1ccccc1NC(=O)CCCCCC(=O)NCc1ccc([C@@H]2O[C@H](CN3CCOCC3)C[C@H](c3ccc(CO)cc3)O2)cc1. The van der Waals surface area contributed by atoms with Gasteiger partial charge in [-0.1, -0.05) is 67.1 Å². The van der Waals surface area contributed by atoms with E-state index in [1.807, 2.05) is 60.7 Å². The first-order valence-corrected chi connectivity index (χ1v) is 16.3. The number of amides is 2. The molecule has 2 saturated heterocycles. The van der Waals surface area contributed by atoms with Crippen LogP contribution in [0.15, 0.2) is 72.8 Å². The molecule has 0 aromatic heterocycles. The van der Waals surface area contributed by atoms with Crippen LogP contribution in [0.25, 0.3) is 0 Å². The molecule has 0 radical (unpaired) electrons. The van der Waals surface area contributed by atoms with Crippen LogP contribution in [0.3, 0.4) is 0 Å². The fourth-order valence-electron chi connectivity index (χ4n) is 5.76. The standard InChI is InChI=1S/C36H46N4O6/c37-31-6-4-5-7-32(31)39-35(43)9-3-1-2-8-34(42)38-23-26-10-16-29(17-11-26)36-45-30(24-40-18-20-44-21-19-40)22-33(46-36)28-14-12-27(25-41)13-15-28/h4-7,10-17,30,33,36,41H,1-3,8-9,18-25,37H2,(H,38,42)(H,39,43)/t30-,33+,36+/m0/s1. The third-order valence-electron chi connectivity index (χ3n) is 8.46. The van der Waals surface area contributed by atoms with Crippen molar-refractivity contribution in [1.29, 1.82) is 0 Å². The van der Waals surface area contributed by atoms with Crippen molar-refractivity contribution >= 4 is 23.2 Å². The number of nitrogens with one attached hydrogen (secondary N) is 2. The first-order chi connectivity index (χ1) is 22.5. The Morgan fingerprint density at radius 1 is 0.826 bits per heavy atom. The number of ether oxygens (including phenoxy) is 3. The number of nitrogens with zero attached hydrogens (tertiary/aromatic N) is 1. The van der Waals surface area contributed by atoms with Crippen LogP contribution in [0.5, 0.6) is 0 Å². The topological polar surface area (TPSA) is 135 Å². The summed E-state index contributed by atoms with van der Waals surface area (Å²) >= 11 is 0. The lowest BCUT2D eigenvalue weighted by Gasteiger charge is -2.39. The van der Waals surface area contributed by atoms with Gasteiger partial charge in [-0.3, -0.25) is 14.5 Å². The molecule has 46 heavy (non-hydrogen) atoms. The summed E-state index contributed by atoms with van der Waals surface area (Å²) in [6.07, 6.45) is 3.12. The third-order valence-corrected chi connectivity index (χ3v) is 8.46. The minimum atomic E-state index is -0.516. The van der Waals surface area contributed by atoms with E-state index in [1.54, 1.807) is 12.1 Å². The molecule has 246 valence electrons. The van der Waals surface area contributed by atoms with E-state index in [9.17, 15) is 14.7 Å². The van der Waals surface area contributed by atoms with E-state index >= 15 is 0 Å². The maximum absolute atomic E-state index is 12.4. The molecule has 5 rings (SSSR count). The molecule has 10 heteroatoms. The number of hydrogen-bond acceptors (Lipinski definition) is 8. The highest BCUT2D eigenvalue weighted by atomic mass is 16.7. The predicted octanol–water partition coefficient (Wildman–Crippen LogP) is 4.84. The lowest BCUT2D eigenvalue weighted by molar-refractivity contribution is -0.253. The Balaban J connectivity index is 1.07. The van der Waals surface area contributed by atoms with Gasteiger partial charge in [0.2, 0.25) is 11.8 Å². The Labute approximate surface area is 271 Å². The van der Waals surface area contributed by atoms with Crippen molar-refractivity contribution in [2.24, 2.45) is 0 Å². The third kappa shape index (κ3) is 10.1. The van der Waals surface area contributed by atoms with Crippen molar-refractivity contribution in [3.8, 4) is 0 Å². The molecule has 3 aromatic carbocycles. The van der Waals surface area contributed by atoms with Gasteiger partial charge in [0.05, 0.1) is 43.4 Å². The Morgan fingerprint density at radius 3 is 2.22 bits per heavy atom. The van der Waals surface area contributed by atoms with E-state index < -0.39 is 6.29 Å². The van der Waals surface area contributed by atoms with Gasteiger partial charge in [0.25, 0.3) is 0 Å². The van der Waals surface area contributed by atoms with E-state index in [4.69, 9.17) is 19.9 Å². The Morgan fingerprint density at radius 2 is 1.50 bits per heavy atom. The van der Waals surface area contributed by atoms with Crippen LogP contribution in [-0.4, -0.2) is 60.8 Å². The normalized spacial score (nSPS) is 20.2. The number of anilines is 2. The molecule has 0 bridgehead atoms. The number of nitrogen functional groups attached to an aromatic ring is 1. The first kappa shape index (κ1) is 33.6. The predicted molar refractivity (Wildman–Crippen MR) is 177 cm³/mol. The van der Waals surface area contributed by atoms with Crippen molar-refractivity contribution < 1.29 is 28.9 Å². The van der Waals surface area contributed by atoms with Crippen LogP contribution < -0.4 is 16.4 Å². The van der Waals surface area contributed by atoms with Gasteiger partial charge < -0.3 is 35.7 Å². The lowest BCUT2D eigenvalue weighted by Crippen LogP contribution is -2.44. The highest BCUT2D eigenvalue weighted by Crippen LogP contribution is 2.38. The number of nitrogens with two attached hydrogens (primary N) is 1. The second-order valence-electron chi connectivity index (χ2n) is 12.0. The van der Waals surface area contributed by atoms with Gasteiger partial charge in [-0.25, -0.2) is 0 Å². The molecule has 3 aromatic rings. The van der Waals surface area contributed by atoms with Crippen molar-refractivity contribution in [1.82, 2.24) is 10.2 Å². The van der Waals surface area contributed by atoms with E-state index in [2.05, 4.69) is 15.5 Å². The average molecular weight is 631 g/mol. The molecule has 0 saturated carbocycles. The molecule has 0 unspecified atom stereocenters. The number of unbranched alkanes of at least 4 members (excludes halogenated alkanes) is 2. The molecule has 2 amide bonds. The number of rotatable bonds is 14. The summed E-state index contributed by atoms with van der Waals surface area (Å²) in [5.41, 5.74) is 10.9. The van der Waals surface area contributed by atoms with Gasteiger partial charge in [-0.15, -0.1) is 0 Å². The molecule has 0 aliphatic carbocycles. The molecule has 5 N–H and O–H groups in total. The molecule has 2 aliphatic rings. The van der Waals surface area contributed by atoms with Gasteiger partial charge in [-0.2, -0.15) is 0 Å². The lowest BCUT2D eigenvalue weighted by atomic mass is 9.99. The molecule has 0 spiro atoms. The molecule has 10 nitrogen and oxygen atoms in total. The van der Waals surface area contributed by atoms with Crippen molar-refractivity contribution in [2.75, 3.05) is 43.9 Å². The summed E-state index contributed by atoms with van der Waals surface area (Å²) in [5.74, 6) is -0.0831. The zero-order valence-electron chi connectivity index (χ0n) is 26.4. The van der Waals surface area contributed by atoms with Crippen molar-refractivity contribution in [3.63, 3.8) is 0 Å². The largest absolute Gasteiger partial charge is 0.397 e. The summed E-state index contributed by atoms with van der Waals surface area (Å²) in [5, 5.41) is 15.3. The summed E-state index contributed by atoms with van der Waals surface area (Å²) in [6, 6.07) is 23.1. The van der Waals surface area contributed by atoms with Crippen LogP contribution in [0.1, 0.15) is 73.2 Å². The molecule has 2 fully saturated rings. The van der Waals surface area contributed by atoms with Crippen LogP contribution in [-0.2, 0) is 37.0 Å². The fraction of sp³-hybridized carbons (Fsp3) is 0.444. The van der Waals surface area contributed by atoms with Crippen LogP contribution in [0, 0.1) is 0 Å². The number of benzene rings is 3. The number of aliphatic hydroxyl groups is 1. The van der Waals surface area contributed by atoms with E-state index in [1.165, 1.54) is 0 Å². The summed E-state index contributed by atoms with van der Waals surface area (Å²) < 4.78 is 18.5. The number of carbonyl (C=O) groups is 2. The van der Waals surface area contributed by atoms with Crippen LogP contribution in [0.4, 0.5) is 11.4 Å². The minimum Gasteiger partial charge on any atom is -0.397 e. The Kier molecular flexibility index (Phi) is 12.6. The molecule has 2 heterocycles. The smallest absolute Gasteiger partial charge is 0.224 e. The average Bonchev–Trinajstić information content (AvgIpc) is 3.09. The minimum absolute atomic E-state index is 0.00428. The molecular formula is C36H46N4O6. The van der Waals surface area contributed by atoms with Gasteiger partial charge in [0, 0.05) is 51.0 Å². The highest BCUT2D eigenvalue weighted by Gasteiger charge is 2.33. The fourth-order valence-corrected chi connectivity index (χ4v) is 5.76. The maximum atomic E-state index is 12.4. The summed E-state index contributed by atoms with van der Waals surface area (Å²) in [4.78, 5) is 27.0. The summed E-state index contributed by atoms with van der Waals surface area (Å²) in [7, 11) is 0.